The second-order valence-corrected chi connectivity index (χ2v) is 5.52. The summed E-state index contributed by atoms with van der Waals surface area (Å²) in [7, 11) is 0. The van der Waals surface area contributed by atoms with Crippen LogP contribution in [0.15, 0.2) is 22.7 Å². The summed E-state index contributed by atoms with van der Waals surface area (Å²) in [5.41, 5.74) is 0.616. The molecule has 2 N–H and O–H groups in total. The first-order valence-electron chi connectivity index (χ1n) is 6.79. The zero-order chi connectivity index (χ0) is 14.8. The standard InChI is InChI=1S/C14H15ClFN3O2/c15-10-4-3-9(5-11(10)16)12(7-20)17-6-13-18-14(21-19-13)8-1-2-8/h3-5,8,12,17,20H,1-2,6-7H2/t12-/m1/s1. The summed E-state index contributed by atoms with van der Waals surface area (Å²) < 4.78 is 18.6. The molecule has 7 heteroatoms. The number of benzene rings is 1. The van der Waals surface area contributed by atoms with Crippen LogP contribution >= 0.6 is 11.6 Å². The summed E-state index contributed by atoms with van der Waals surface area (Å²) in [6, 6.07) is 4.03. The van der Waals surface area contributed by atoms with Gasteiger partial charge in [-0.3, -0.25) is 0 Å². The van der Waals surface area contributed by atoms with Crippen LogP contribution in [0.2, 0.25) is 5.02 Å². The highest BCUT2D eigenvalue weighted by molar-refractivity contribution is 6.30. The lowest BCUT2D eigenvalue weighted by atomic mass is 10.1. The van der Waals surface area contributed by atoms with Crippen LogP contribution in [0.1, 0.15) is 42.1 Å². The predicted octanol–water partition coefficient (Wildman–Crippen LogP) is 2.56. The van der Waals surface area contributed by atoms with Crippen LogP contribution in [-0.4, -0.2) is 21.9 Å². The molecule has 3 rings (SSSR count). The highest BCUT2D eigenvalue weighted by Crippen LogP contribution is 2.38. The molecule has 0 amide bonds. The van der Waals surface area contributed by atoms with Crippen molar-refractivity contribution >= 4 is 11.6 Å². The fraction of sp³-hybridized carbons (Fsp3) is 0.429. The summed E-state index contributed by atoms with van der Waals surface area (Å²) in [5.74, 6) is 1.10. The maximum Gasteiger partial charge on any atom is 0.229 e. The summed E-state index contributed by atoms with van der Waals surface area (Å²) in [6.07, 6.45) is 2.19. The molecule has 1 aliphatic carbocycles. The zero-order valence-electron chi connectivity index (χ0n) is 11.2. The first kappa shape index (κ1) is 14.4. The van der Waals surface area contributed by atoms with Crippen molar-refractivity contribution in [3.63, 3.8) is 0 Å². The van der Waals surface area contributed by atoms with Crippen molar-refractivity contribution in [2.45, 2.75) is 31.3 Å². The molecule has 1 saturated carbocycles. The molecular weight excluding hydrogens is 297 g/mol. The summed E-state index contributed by atoms with van der Waals surface area (Å²) >= 11 is 5.65. The molecule has 1 aromatic heterocycles. The topological polar surface area (TPSA) is 71.2 Å². The molecule has 5 nitrogen and oxygen atoms in total. The lowest BCUT2D eigenvalue weighted by Crippen LogP contribution is -2.24. The van der Waals surface area contributed by atoms with E-state index in [2.05, 4.69) is 15.5 Å². The van der Waals surface area contributed by atoms with Gasteiger partial charge >= 0.3 is 0 Å². The summed E-state index contributed by atoms with van der Waals surface area (Å²) in [6.45, 7) is 0.167. The van der Waals surface area contributed by atoms with E-state index in [0.29, 0.717) is 29.7 Å². The van der Waals surface area contributed by atoms with Crippen LogP contribution < -0.4 is 5.32 Å². The van der Waals surface area contributed by atoms with Gasteiger partial charge in [0, 0.05) is 5.92 Å². The Hall–Kier alpha value is -1.50. The Balaban J connectivity index is 1.64. The van der Waals surface area contributed by atoms with E-state index in [9.17, 15) is 9.50 Å². The molecule has 1 fully saturated rings. The number of aliphatic hydroxyl groups excluding tert-OH is 1. The van der Waals surface area contributed by atoms with E-state index in [-0.39, 0.29) is 11.6 Å². The molecule has 0 bridgehead atoms. The number of hydrogen-bond acceptors (Lipinski definition) is 5. The van der Waals surface area contributed by atoms with Crippen LogP contribution in [0.5, 0.6) is 0 Å². The van der Waals surface area contributed by atoms with Crippen LogP contribution in [-0.2, 0) is 6.54 Å². The Bertz CT molecular complexity index is 630. The average molecular weight is 312 g/mol. The molecule has 2 aromatic rings. The molecule has 1 aliphatic rings. The second kappa shape index (κ2) is 6.09. The third-order valence-electron chi connectivity index (χ3n) is 3.45. The minimum atomic E-state index is -0.509. The van der Waals surface area contributed by atoms with Crippen LogP contribution in [0.3, 0.4) is 0 Å². The summed E-state index contributed by atoms with van der Waals surface area (Å²) in [4.78, 5) is 4.29. The largest absolute Gasteiger partial charge is 0.394 e. The third-order valence-corrected chi connectivity index (χ3v) is 3.75. The Morgan fingerprint density at radius 3 is 2.95 bits per heavy atom. The van der Waals surface area contributed by atoms with Gasteiger partial charge in [-0.05, 0) is 30.5 Å². The number of nitrogens with one attached hydrogen (secondary N) is 1. The molecule has 0 radical (unpaired) electrons. The van der Waals surface area contributed by atoms with E-state index in [4.69, 9.17) is 16.1 Å². The third kappa shape index (κ3) is 3.40. The van der Waals surface area contributed by atoms with Crippen molar-refractivity contribution in [3.05, 3.63) is 46.3 Å². The lowest BCUT2D eigenvalue weighted by molar-refractivity contribution is 0.242. The van der Waals surface area contributed by atoms with E-state index in [1.807, 2.05) is 0 Å². The molecule has 1 atom stereocenters. The monoisotopic (exact) mass is 311 g/mol. The SMILES string of the molecule is OC[C@@H](NCc1noc(C2CC2)n1)c1ccc(Cl)c(F)c1. The van der Waals surface area contributed by atoms with Gasteiger partial charge < -0.3 is 14.9 Å². The van der Waals surface area contributed by atoms with Crippen molar-refractivity contribution in [3.8, 4) is 0 Å². The van der Waals surface area contributed by atoms with Crippen LogP contribution in [0.25, 0.3) is 0 Å². The highest BCUT2D eigenvalue weighted by atomic mass is 35.5. The van der Waals surface area contributed by atoms with E-state index in [0.717, 1.165) is 12.8 Å². The number of halogens is 2. The Kier molecular flexibility index (Phi) is 4.19. The smallest absolute Gasteiger partial charge is 0.229 e. The van der Waals surface area contributed by atoms with Gasteiger partial charge in [0.1, 0.15) is 5.82 Å². The van der Waals surface area contributed by atoms with Gasteiger partial charge in [-0.25, -0.2) is 4.39 Å². The molecular formula is C14H15ClFN3O2. The number of nitrogens with zero attached hydrogens (tertiary/aromatic N) is 2. The number of hydrogen-bond donors (Lipinski definition) is 2. The van der Waals surface area contributed by atoms with E-state index in [1.54, 1.807) is 6.07 Å². The van der Waals surface area contributed by atoms with E-state index < -0.39 is 11.9 Å². The minimum Gasteiger partial charge on any atom is -0.394 e. The van der Waals surface area contributed by atoms with Crippen LogP contribution in [0, 0.1) is 5.82 Å². The van der Waals surface area contributed by atoms with Gasteiger partial charge in [0.2, 0.25) is 5.89 Å². The quantitative estimate of drug-likeness (QED) is 0.858. The highest BCUT2D eigenvalue weighted by Gasteiger charge is 2.29. The average Bonchev–Trinajstić information content (AvgIpc) is 3.23. The van der Waals surface area contributed by atoms with Gasteiger partial charge in [-0.1, -0.05) is 22.8 Å². The second-order valence-electron chi connectivity index (χ2n) is 5.11. The van der Waals surface area contributed by atoms with Gasteiger partial charge in [0.05, 0.1) is 24.2 Å². The molecule has 21 heavy (non-hydrogen) atoms. The maximum atomic E-state index is 13.5. The maximum absolute atomic E-state index is 13.5. The van der Waals surface area contributed by atoms with Crippen molar-refractivity contribution < 1.29 is 14.0 Å². The molecule has 1 aromatic carbocycles. The van der Waals surface area contributed by atoms with Gasteiger partial charge in [0.25, 0.3) is 0 Å². The van der Waals surface area contributed by atoms with Crippen molar-refractivity contribution in [1.29, 1.82) is 0 Å². The number of aliphatic hydroxyl groups is 1. The van der Waals surface area contributed by atoms with Gasteiger partial charge in [-0.2, -0.15) is 4.98 Å². The Labute approximate surface area is 126 Å². The predicted molar refractivity (Wildman–Crippen MR) is 74.3 cm³/mol. The Morgan fingerprint density at radius 2 is 2.29 bits per heavy atom. The molecule has 0 saturated heterocycles. The van der Waals surface area contributed by atoms with Crippen LogP contribution in [0.4, 0.5) is 4.39 Å². The van der Waals surface area contributed by atoms with E-state index in [1.165, 1.54) is 12.1 Å². The normalized spacial score (nSPS) is 16.1. The fourth-order valence-electron chi connectivity index (χ4n) is 2.07. The van der Waals surface area contributed by atoms with E-state index >= 15 is 0 Å². The van der Waals surface area contributed by atoms with Crippen molar-refractivity contribution in [2.75, 3.05) is 6.61 Å². The molecule has 112 valence electrons. The number of rotatable bonds is 6. The first-order chi connectivity index (χ1) is 10.2. The van der Waals surface area contributed by atoms with Gasteiger partial charge in [0.15, 0.2) is 5.82 Å². The van der Waals surface area contributed by atoms with Crippen molar-refractivity contribution in [2.24, 2.45) is 0 Å². The molecule has 1 heterocycles. The minimum absolute atomic E-state index is 0.0580. The van der Waals surface area contributed by atoms with Gasteiger partial charge in [-0.15, -0.1) is 0 Å². The summed E-state index contributed by atoms with van der Waals surface area (Å²) in [5, 5.41) is 16.5. The fourth-order valence-corrected chi connectivity index (χ4v) is 2.18. The lowest BCUT2D eigenvalue weighted by Gasteiger charge is -2.15. The van der Waals surface area contributed by atoms with Crippen molar-refractivity contribution in [1.82, 2.24) is 15.5 Å². The Morgan fingerprint density at radius 1 is 1.48 bits per heavy atom. The number of aromatic nitrogens is 2. The molecule has 0 unspecified atom stereocenters. The first-order valence-corrected chi connectivity index (χ1v) is 7.17. The zero-order valence-corrected chi connectivity index (χ0v) is 12.0. The molecule has 0 aliphatic heterocycles. The molecule has 0 spiro atoms.